The van der Waals surface area contributed by atoms with Gasteiger partial charge in [-0.3, -0.25) is 4.79 Å². The minimum Gasteiger partial charge on any atom is -0.453 e. The lowest BCUT2D eigenvalue weighted by molar-refractivity contribution is -0.0220. The van der Waals surface area contributed by atoms with E-state index in [1.54, 1.807) is 11.9 Å². The summed E-state index contributed by atoms with van der Waals surface area (Å²) < 4.78 is 13.3. The van der Waals surface area contributed by atoms with E-state index < -0.39 is 12.1 Å². The standard InChI is InChI=1S/C28H35N3O5/c1-18-14-31(19(2)16-32)27(33)26-25(22-12-8-9-13-23(22)30(26)4)21-11-7-6-10-20(21)17-36-24(18)15-29(3)28(34)35-5/h6-13,18-19,24,32H,14-17H2,1-5H3/t18-,19-,24+/m0/s1. The summed E-state index contributed by atoms with van der Waals surface area (Å²) in [6.07, 6.45) is -0.808. The highest BCUT2D eigenvalue weighted by atomic mass is 16.5. The Morgan fingerprint density at radius 1 is 1.22 bits per heavy atom. The smallest absolute Gasteiger partial charge is 0.409 e. The van der Waals surface area contributed by atoms with Crippen molar-refractivity contribution >= 4 is 22.9 Å². The van der Waals surface area contributed by atoms with Crippen LogP contribution in [0.25, 0.3) is 22.0 Å². The Morgan fingerprint density at radius 3 is 2.64 bits per heavy atom. The Hall–Kier alpha value is -3.36. The van der Waals surface area contributed by atoms with Gasteiger partial charge in [0.05, 0.1) is 39.0 Å². The molecule has 1 aromatic heterocycles. The van der Waals surface area contributed by atoms with Crippen molar-refractivity contribution in [2.45, 2.75) is 32.6 Å². The first kappa shape index (κ1) is 25.7. The number of fused-ring (bicyclic) bond motifs is 5. The van der Waals surface area contributed by atoms with Crippen LogP contribution >= 0.6 is 0 Å². The molecule has 8 heteroatoms. The van der Waals surface area contributed by atoms with Gasteiger partial charge in [-0.15, -0.1) is 0 Å². The number of amides is 2. The zero-order chi connectivity index (χ0) is 26.0. The predicted octanol–water partition coefficient (Wildman–Crippen LogP) is 3.90. The highest BCUT2D eigenvalue weighted by molar-refractivity contribution is 6.10. The molecule has 36 heavy (non-hydrogen) atoms. The van der Waals surface area contributed by atoms with E-state index in [2.05, 4.69) is 0 Å². The molecular formula is C28H35N3O5. The SMILES string of the molecule is COC(=O)N(C)C[C@H]1OCc2ccccc2-c2c(n(C)c3ccccc23)C(=O)N([C@@H](C)CO)C[C@@H]1C. The zero-order valence-corrected chi connectivity index (χ0v) is 21.6. The fraction of sp³-hybridized carbons (Fsp3) is 0.429. The summed E-state index contributed by atoms with van der Waals surface area (Å²) in [5, 5.41) is 11.1. The molecule has 3 atom stereocenters. The van der Waals surface area contributed by atoms with Crippen LogP contribution in [-0.2, 0) is 23.1 Å². The van der Waals surface area contributed by atoms with Gasteiger partial charge in [-0.2, -0.15) is 0 Å². The normalized spacial score (nSPS) is 19.3. The second-order valence-electron chi connectivity index (χ2n) is 9.62. The molecule has 192 valence electrons. The Labute approximate surface area is 212 Å². The summed E-state index contributed by atoms with van der Waals surface area (Å²) in [4.78, 5) is 29.6. The molecule has 0 radical (unpaired) electrons. The maximum Gasteiger partial charge on any atom is 0.409 e. The molecule has 8 nitrogen and oxygen atoms in total. The fourth-order valence-electron chi connectivity index (χ4n) is 5.03. The van der Waals surface area contributed by atoms with Crippen molar-refractivity contribution in [2.75, 3.05) is 33.9 Å². The number of aryl methyl sites for hydroxylation is 1. The average Bonchev–Trinajstić information content (AvgIpc) is 3.19. The van der Waals surface area contributed by atoms with E-state index >= 15 is 0 Å². The third-order valence-corrected chi connectivity index (χ3v) is 7.17. The third-order valence-electron chi connectivity index (χ3n) is 7.17. The largest absolute Gasteiger partial charge is 0.453 e. The topological polar surface area (TPSA) is 84.2 Å². The molecule has 0 bridgehead atoms. The molecule has 0 aliphatic carbocycles. The van der Waals surface area contributed by atoms with Crippen LogP contribution in [0.1, 0.15) is 29.9 Å². The van der Waals surface area contributed by atoms with Crippen LogP contribution in [0.4, 0.5) is 4.79 Å². The van der Waals surface area contributed by atoms with Crippen LogP contribution in [0.2, 0.25) is 0 Å². The number of hydrogen-bond acceptors (Lipinski definition) is 5. The molecule has 0 spiro atoms. The molecule has 2 heterocycles. The van der Waals surface area contributed by atoms with Crippen molar-refractivity contribution < 1.29 is 24.2 Å². The van der Waals surface area contributed by atoms with E-state index in [-0.39, 0.29) is 24.5 Å². The van der Waals surface area contributed by atoms with Gasteiger partial charge in [0.15, 0.2) is 0 Å². The first-order valence-corrected chi connectivity index (χ1v) is 12.3. The van der Waals surface area contributed by atoms with Crippen molar-refractivity contribution in [3.8, 4) is 11.1 Å². The maximum atomic E-state index is 14.3. The van der Waals surface area contributed by atoms with Gasteiger partial charge >= 0.3 is 6.09 Å². The van der Waals surface area contributed by atoms with Gasteiger partial charge in [0.25, 0.3) is 5.91 Å². The summed E-state index contributed by atoms with van der Waals surface area (Å²) in [6.45, 7) is 4.68. The van der Waals surface area contributed by atoms with Crippen molar-refractivity contribution in [3.05, 3.63) is 59.8 Å². The van der Waals surface area contributed by atoms with E-state index in [4.69, 9.17) is 9.47 Å². The van der Waals surface area contributed by atoms with Crippen molar-refractivity contribution in [1.82, 2.24) is 14.4 Å². The molecule has 2 aromatic carbocycles. The molecule has 4 rings (SSSR count). The summed E-state index contributed by atoms with van der Waals surface area (Å²) in [5.74, 6) is -0.271. The Bertz CT molecular complexity index is 1250. The number of hydrogen-bond donors (Lipinski definition) is 1. The first-order valence-electron chi connectivity index (χ1n) is 12.3. The van der Waals surface area contributed by atoms with E-state index in [1.807, 2.05) is 74.0 Å². The van der Waals surface area contributed by atoms with Gasteiger partial charge in [0.1, 0.15) is 5.69 Å². The number of benzene rings is 2. The Morgan fingerprint density at radius 2 is 1.92 bits per heavy atom. The number of aliphatic hydroxyl groups excluding tert-OH is 1. The second-order valence-corrected chi connectivity index (χ2v) is 9.62. The quantitative estimate of drug-likeness (QED) is 0.596. The van der Waals surface area contributed by atoms with Crippen LogP contribution in [0.15, 0.2) is 48.5 Å². The Kier molecular flexibility index (Phi) is 7.66. The van der Waals surface area contributed by atoms with Crippen LogP contribution in [0.3, 0.4) is 0 Å². The maximum absolute atomic E-state index is 14.3. The van der Waals surface area contributed by atoms with Crippen molar-refractivity contribution in [1.29, 1.82) is 0 Å². The molecule has 0 saturated heterocycles. The van der Waals surface area contributed by atoms with Gasteiger partial charge in [0, 0.05) is 43.0 Å². The van der Waals surface area contributed by atoms with Crippen LogP contribution in [-0.4, -0.2) is 77.5 Å². The number of rotatable bonds is 4. The van der Waals surface area contributed by atoms with Crippen LogP contribution in [0, 0.1) is 5.92 Å². The lowest BCUT2D eigenvalue weighted by atomic mass is 9.96. The second kappa shape index (κ2) is 10.7. The number of carbonyl (C=O) groups is 2. The molecule has 1 aliphatic heterocycles. The van der Waals surface area contributed by atoms with E-state index in [0.717, 1.165) is 27.6 Å². The minimum atomic E-state index is -0.448. The molecule has 1 N–H and O–H groups in total. The van der Waals surface area contributed by atoms with Gasteiger partial charge in [-0.25, -0.2) is 4.79 Å². The summed E-state index contributed by atoms with van der Waals surface area (Å²) in [7, 11) is 4.93. The average molecular weight is 494 g/mol. The first-order chi connectivity index (χ1) is 17.3. The molecule has 0 saturated carbocycles. The monoisotopic (exact) mass is 493 g/mol. The third kappa shape index (κ3) is 4.70. The van der Waals surface area contributed by atoms with Crippen molar-refractivity contribution in [2.24, 2.45) is 13.0 Å². The zero-order valence-electron chi connectivity index (χ0n) is 21.6. The van der Waals surface area contributed by atoms with Gasteiger partial charge in [-0.05, 0) is 24.1 Å². The predicted molar refractivity (Wildman–Crippen MR) is 139 cm³/mol. The summed E-state index contributed by atoms with van der Waals surface area (Å²) >= 11 is 0. The van der Waals surface area contributed by atoms with Crippen LogP contribution < -0.4 is 0 Å². The number of methoxy groups -OCH3 is 1. The number of ether oxygens (including phenoxy) is 2. The van der Waals surface area contributed by atoms with Gasteiger partial charge in [-0.1, -0.05) is 49.4 Å². The molecular weight excluding hydrogens is 458 g/mol. The Balaban J connectivity index is 1.90. The summed E-state index contributed by atoms with van der Waals surface area (Å²) in [5.41, 5.74) is 4.31. The highest BCUT2D eigenvalue weighted by Crippen LogP contribution is 2.38. The van der Waals surface area contributed by atoms with E-state index in [9.17, 15) is 14.7 Å². The lowest BCUT2D eigenvalue weighted by Gasteiger charge is -2.34. The number of para-hydroxylation sites is 1. The molecule has 2 amide bonds. The minimum absolute atomic E-state index is 0.126. The molecule has 0 fully saturated rings. The number of likely N-dealkylation sites (N-methyl/N-ethyl adjacent to an activating group) is 1. The van der Waals surface area contributed by atoms with Crippen LogP contribution in [0.5, 0.6) is 0 Å². The summed E-state index contributed by atoms with van der Waals surface area (Å²) in [6, 6.07) is 15.6. The fourth-order valence-corrected chi connectivity index (χ4v) is 5.03. The van der Waals surface area contributed by atoms with Gasteiger partial charge < -0.3 is 28.9 Å². The number of aromatic nitrogens is 1. The number of carbonyl (C=O) groups excluding carboxylic acids is 2. The lowest BCUT2D eigenvalue weighted by Crippen LogP contribution is -2.48. The number of nitrogens with zero attached hydrogens (tertiary/aromatic N) is 3. The molecule has 0 unspecified atom stereocenters. The molecule has 1 aliphatic rings. The van der Waals surface area contributed by atoms with Crippen molar-refractivity contribution in [3.63, 3.8) is 0 Å². The van der Waals surface area contributed by atoms with E-state index in [1.165, 1.54) is 12.0 Å². The highest BCUT2D eigenvalue weighted by Gasteiger charge is 2.33. The van der Waals surface area contributed by atoms with E-state index in [0.29, 0.717) is 25.4 Å². The van der Waals surface area contributed by atoms with Gasteiger partial charge in [0.2, 0.25) is 0 Å². The molecule has 3 aromatic rings. The number of aliphatic hydroxyl groups is 1.